The number of carbonyl (C=O) groups is 1. The highest BCUT2D eigenvalue weighted by Gasteiger charge is 2.54. The van der Waals surface area contributed by atoms with E-state index in [-0.39, 0.29) is 17.5 Å². The summed E-state index contributed by atoms with van der Waals surface area (Å²) >= 11 is 0. The maximum Gasteiger partial charge on any atom is 0.308 e. The van der Waals surface area contributed by atoms with Gasteiger partial charge in [-0.25, -0.2) is 0 Å². The Kier molecular flexibility index (Phi) is 7.92. The highest BCUT2D eigenvalue weighted by atomic mass is 16.5. The number of aryl methyl sites for hydroxylation is 1. The summed E-state index contributed by atoms with van der Waals surface area (Å²) in [5, 5.41) is 10.4. The minimum Gasteiger partial charge on any atom is -0.427 e. The van der Waals surface area contributed by atoms with E-state index in [0.29, 0.717) is 23.5 Å². The summed E-state index contributed by atoms with van der Waals surface area (Å²) in [6.45, 7) is 3.76. The molecule has 1 aromatic carbocycles. The monoisotopic (exact) mass is 436 g/mol. The maximum absolute atomic E-state index is 11.2. The molecule has 0 heterocycles. The van der Waals surface area contributed by atoms with Gasteiger partial charge in [-0.1, -0.05) is 13.0 Å². The summed E-state index contributed by atoms with van der Waals surface area (Å²) in [6.07, 6.45) is 16.2. The number of carbonyl (C=O) groups excluding carboxylic acids is 1. The van der Waals surface area contributed by atoms with Crippen LogP contribution in [0.4, 0.5) is 0 Å². The van der Waals surface area contributed by atoms with Crippen LogP contribution in [0.5, 0.6) is 5.75 Å². The molecule has 0 saturated heterocycles. The molecule has 0 radical (unpaired) electrons. The van der Waals surface area contributed by atoms with Gasteiger partial charge in [0.15, 0.2) is 0 Å². The van der Waals surface area contributed by atoms with E-state index in [1.54, 1.807) is 0 Å². The number of ether oxygens (including phenoxy) is 1. The molecule has 0 aliphatic heterocycles. The van der Waals surface area contributed by atoms with Gasteiger partial charge < -0.3 is 9.84 Å². The van der Waals surface area contributed by atoms with Crippen LogP contribution in [0, 0.1) is 77.5 Å². The normalized spacial score (nSPS) is 27.8. The van der Waals surface area contributed by atoms with Gasteiger partial charge in [-0.15, -0.1) is 12.8 Å². The summed E-state index contributed by atoms with van der Waals surface area (Å²) in [7, 11) is 0. The first-order chi connectivity index (χ1) is 15.9. The molecule has 166 valence electrons. The molecule has 3 aliphatic rings. The maximum atomic E-state index is 11.2. The quantitative estimate of drug-likeness (QED) is 0.410. The minimum atomic E-state index is -0.257. The molecular weight excluding hydrogens is 408 g/mol. The third-order valence-corrected chi connectivity index (χ3v) is 7.37. The Labute approximate surface area is 197 Å². The van der Waals surface area contributed by atoms with E-state index in [0.717, 1.165) is 19.3 Å². The second-order valence-corrected chi connectivity index (χ2v) is 9.05. The predicted octanol–water partition coefficient (Wildman–Crippen LogP) is 4.09. The van der Waals surface area contributed by atoms with Gasteiger partial charge in [0.05, 0.1) is 6.10 Å². The SMILES string of the molecule is C#CC#CC#CC#CC#C.CC(=O)Oc1ccc2c(c1)CC[C@@H]1[C@@H]2CC[C@]2(C)[C@@H](O)CC[C@@H]12. The van der Waals surface area contributed by atoms with Crippen molar-refractivity contribution in [1.82, 2.24) is 0 Å². The lowest BCUT2D eigenvalue weighted by molar-refractivity contribution is -0.131. The molecule has 33 heavy (non-hydrogen) atoms. The topological polar surface area (TPSA) is 46.5 Å². The first kappa shape index (κ1) is 24.1. The average Bonchev–Trinajstić information content (AvgIpc) is 3.10. The highest BCUT2D eigenvalue weighted by Crippen LogP contribution is 2.60. The largest absolute Gasteiger partial charge is 0.427 e. The fraction of sp³-hybridized carbons (Fsp3) is 0.433. The number of benzene rings is 1. The number of fused-ring (bicyclic) bond motifs is 5. The number of esters is 1. The van der Waals surface area contributed by atoms with Crippen LogP contribution in [0.3, 0.4) is 0 Å². The Balaban J connectivity index is 0.000000262. The molecule has 0 unspecified atom stereocenters. The molecule has 4 rings (SSSR count). The van der Waals surface area contributed by atoms with Gasteiger partial charge >= 0.3 is 5.97 Å². The lowest BCUT2D eigenvalue weighted by Gasteiger charge is -2.50. The van der Waals surface area contributed by atoms with Crippen molar-refractivity contribution in [2.24, 2.45) is 17.3 Å². The summed E-state index contributed by atoms with van der Waals surface area (Å²) in [5.41, 5.74) is 2.95. The molecule has 1 aromatic rings. The van der Waals surface area contributed by atoms with Crippen molar-refractivity contribution in [2.45, 2.75) is 64.4 Å². The van der Waals surface area contributed by atoms with Crippen LogP contribution in [0.2, 0.25) is 0 Å². The molecule has 2 fully saturated rings. The van der Waals surface area contributed by atoms with Crippen LogP contribution in [-0.2, 0) is 11.2 Å². The van der Waals surface area contributed by atoms with Gasteiger partial charge in [-0.05, 0) is 132 Å². The Morgan fingerprint density at radius 2 is 1.70 bits per heavy atom. The third-order valence-electron chi connectivity index (χ3n) is 7.37. The Morgan fingerprint density at radius 3 is 2.33 bits per heavy atom. The van der Waals surface area contributed by atoms with E-state index in [9.17, 15) is 9.90 Å². The first-order valence-corrected chi connectivity index (χ1v) is 11.3. The standard InChI is InChI=1S/C20H26O3.C10H2/c1-12(21)23-14-4-6-15-13(11-14)3-5-17-16(15)9-10-20(2)18(17)7-8-19(20)22;1-3-5-7-9-10-8-6-4-2/h4,6,11,16-19,22H,3,5,7-10H2,1-2H3;1-2H/t16-,17-,18+,19+,20+;/m1./s1. The zero-order valence-electron chi connectivity index (χ0n) is 19.2. The fourth-order valence-electron chi connectivity index (χ4n) is 5.96. The number of terminal acetylenes is 2. The lowest BCUT2D eigenvalue weighted by atomic mass is 9.55. The molecule has 5 atom stereocenters. The van der Waals surface area contributed by atoms with Crippen molar-refractivity contribution in [3.05, 3.63) is 29.3 Å². The molecule has 3 nitrogen and oxygen atoms in total. The van der Waals surface area contributed by atoms with E-state index in [4.69, 9.17) is 17.6 Å². The van der Waals surface area contributed by atoms with E-state index < -0.39 is 0 Å². The second kappa shape index (κ2) is 10.8. The first-order valence-electron chi connectivity index (χ1n) is 11.3. The minimum absolute atomic E-state index is 0.110. The molecule has 1 N–H and O–H groups in total. The molecule has 0 amide bonds. The summed E-state index contributed by atoms with van der Waals surface area (Å²) < 4.78 is 5.24. The fourth-order valence-corrected chi connectivity index (χ4v) is 5.96. The van der Waals surface area contributed by atoms with Crippen molar-refractivity contribution in [1.29, 1.82) is 0 Å². The second-order valence-electron chi connectivity index (χ2n) is 9.05. The molecule has 0 spiro atoms. The smallest absolute Gasteiger partial charge is 0.308 e. The molecule has 2 saturated carbocycles. The summed E-state index contributed by atoms with van der Waals surface area (Å²) in [4.78, 5) is 11.2. The van der Waals surface area contributed by atoms with Gasteiger partial charge in [0, 0.05) is 6.92 Å². The number of aliphatic hydroxyl groups excluding tert-OH is 1. The van der Waals surface area contributed by atoms with Crippen LogP contribution in [0.1, 0.15) is 63.0 Å². The van der Waals surface area contributed by atoms with E-state index in [2.05, 4.69) is 66.4 Å². The Hall–Kier alpha value is -3.55. The van der Waals surface area contributed by atoms with E-state index >= 15 is 0 Å². The molecule has 0 aromatic heterocycles. The van der Waals surface area contributed by atoms with Crippen LogP contribution in [-0.4, -0.2) is 17.2 Å². The van der Waals surface area contributed by atoms with Crippen molar-refractivity contribution in [3.8, 4) is 66.0 Å². The van der Waals surface area contributed by atoms with Gasteiger partial charge in [0.1, 0.15) is 5.75 Å². The zero-order valence-corrected chi connectivity index (χ0v) is 19.2. The Bertz CT molecular complexity index is 1140. The van der Waals surface area contributed by atoms with E-state index in [1.165, 1.54) is 37.3 Å². The van der Waals surface area contributed by atoms with Crippen LogP contribution < -0.4 is 4.74 Å². The number of hydrogen-bond acceptors (Lipinski definition) is 3. The summed E-state index contributed by atoms with van der Waals surface area (Å²) in [6, 6.07) is 6.18. The third kappa shape index (κ3) is 5.45. The number of aliphatic hydroxyl groups is 1. The van der Waals surface area contributed by atoms with Crippen molar-refractivity contribution in [3.63, 3.8) is 0 Å². The Morgan fingerprint density at radius 1 is 1.03 bits per heavy atom. The number of rotatable bonds is 1. The average molecular weight is 437 g/mol. The molecule has 3 heteroatoms. The van der Waals surface area contributed by atoms with Crippen LogP contribution >= 0.6 is 0 Å². The van der Waals surface area contributed by atoms with E-state index in [1.807, 2.05) is 6.07 Å². The molecule has 0 bridgehead atoms. The van der Waals surface area contributed by atoms with Gasteiger partial charge in [0.25, 0.3) is 0 Å². The molecule has 3 aliphatic carbocycles. The van der Waals surface area contributed by atoms with Crippen molar-refractivity contribution in [2.75, 3.05) is 0 Å². The zero-order chi connectivity index (χ0) is 23.8. The van der Waals surface area contributed by atoms with Crippen molar-refractivity contribution >= 4 is 5.97 Å². The highest BCUT2D eigenvalue weighted by molar-refractivity contribution is 5.69. The molecular formula is C30H28O3. The van der Waals surface area contributed by atoms with Crippen LogP contribution in [0.25, 0.3) is 0 Å². The van der Waals surface area contributed by atoms with Gasteiger partial charge in [0.2, 0.25) is 0 Å². The van der Waals surface area contributed by atoms with Gasteiger partial charge in [-0.2, -0.15) is 0 Å². The van der Waals surface area contributed by atoms with Crippen molar-refractivity contribution < 1.29 is 14.6 Å². The number of hydrogen-bond donors (Lipinski definition) is 1. The predicted molar refractivity (Wildman–Crippen MR) is 129 cm³/mol. The summed E-state index contributed by atoms with van der Waals surface area (Å²) in [5.74, 6) is 20.8. The van der Waals surface area contributed by atoms with Crippen LogP contribution in [0.15, 0.2) is 18.2 Å². The van der Waals surface area contributed by atoms with Gasteiger partial charge in [-0.3, -0.25) is 4.79 Å². The lowest BCUT2D eigenvalue weighted by Crippen LogP contribution is -2.43.